The lowest BCUT2D eigenvalue weighted by Crippen LogP contribution is -2.59. The predicted molar refractivity (Wildman–Crippen MR) is 95.8 cm³/mol. The van der Waals surface area contributed by atoms with E-state index in [0.717, 1.165) is 28.3 Å². The molecule has 0 unspecified atom stereocenters. The van der Waals surface area contributed by atoms with Crippen molar-refractivity contribution in [2.24, 2.45) is 17.8 Å². The zero-order valence-electron chi connectivity index (χ0n) is 13.8. The Labute approximate surface area is 143 Å². The first-order chi connectivity index (χ1) is 11.2. The largest absolute Gasteiger partial charge is 0.324 e. The summed E-state index contributed by atoms with van der Waals surface area (Å²) < 4.78 is 0. The molecular weight excluding hydrogens is 304 g/mol. The van der Waals surface area contributed by atoms with Gasteiger partial charge in [-0.1, -0.05) is 12.1 Å². The number of amides is 1. The van der Waals surface area contributed by atoms with Crippen LogP contribution >= 0.6 is 11.8 Å². The Hall–Kier alpha value is -1.00. The maximum atomic E-state index is 12.4. The number of hydrogen-bond acceptors (Lipinski definition) is 3. The van der Waals surface area contributed by atoms with Crippen molar-refractivity contribution in [1.82, 2.24) is 5.32 Å². The molecule has 0 aliphatic heterocycles. The molecule has 4 aliphatic rings. The van der Waals surface area contributed by atoms with Crippen LogP contribution in [0.3, 0.4) is 0 Å². The van der Waals surface area contributed by atoms with Crippen LogP contribution in [0.4, 0.5) is 5.69 Å². The summed E-state index contributed by atoms with van der Waals surface area (Å²) in [4.78, 5) is 13.5. The lowest BCUT2D eigenvalue weighted by atomic mass is 9.53. The summed E-state index contributed by atoms with van der Waals surface area (Å²) in [6.07, 6.45) is 10.2. The van der Waals surface area contributed by atoms with Gasteiger partial charge in [0, 0.05) is 10.4 Å². The van der Waals surface area contributed by atoms with Gasteiger partial charge in [-0.05, 0) is 74.7 Å². The zero-order chi connectivity index (χ0) is 15.9. The Bertz CT molecular complexity index is 566. The molecule has 4 saturated carbocycles. The first-order valence-corrected chi connectivity index (χ1v) is 10.1. The summed E-state index contributed by atoms with van der Waals surface area (Å²) in [6, 6.07) is 8.01. The van der Waals surface area contributed by atoms with Gasteiger partial charge in [0.05, 0.1) is 12.2 Å². The number of thioether (sulfide) groups is 1. The van der Waals surface area contributed by atoms with Crippen molar-refractivity contribution in [2.45, 2.75) is 49.0 Å². The van der Waals surface area contributed by atoms with Gasteiger partial charge in [0.15, 0.2) is 0 Å². The van der Waals surface area contributed by atoms with Crippen LogP contribution in [-0.4, -0.2) is 24.2 Å². The van der Waals surface area contributed by atoms with Gasteiger partial charge in [-0.15, -0.1) is 11.8 Å². The van der Waals surface area contributed by atoms with Crippen molar-refractivity contribution in [2.75, 3.05) is 18.1 Å². The average molecular weight is 330 g/mol. The van der Waals surface area contributed by atoms with Crippen LogP contribution < -0.4 is 10.6 Å². The first kappa shape index (κ1) is 15.5. The smallest absolute Gasteiger partial charge is 0.238 e. The lowest BCUT2D eigenvalue weighted by Gasteiger charge is -2.57. The number of carbonyl (C=O) groups is 1. The van der Waals surface area contributed by atoms with Crippen LogP contribution in [0.25, 0.3) is 0 Å². The second-order valence-corrected chi connectivity index (χ2v) is 8.65. The summed E-state index contributed by atoms with van der Waals surface area (Å²) in [7, 11) is 0. The Morgan fingerprint density at radius 1 is 1.13 bits per heavy atom. The highest BCUT2D eigenvalue weighted by molar-refractivity contribution is 7.98. The third kappa shape index (κ3) is 3.16. The molecule has 4 fully saturated rings. The number of para-hydroxylation sites is 1. The van der Waals surface area contributed by atoms with Crippen LogP contribution in [0.5, 0.6) is 0 Å². The van der Waals surface area contributed by atoms with Gasteiger partial charge in [-0.2, -0.15) is 0 Å². The Morgan fingerprint density at radius 3 is 2.35 bits per heavy atom. The van der Waals surface area contributed by atoms with Crippen molar-refractivity contribution < 1.29 is 4.79 Å². The fraction of sp³-hybridized carbons (Fsp3) is 0.632. The van der Waals surface area contributed by atoms with Crippen molar-refractivity contribution in [3.63, 3.8) is 0 Å². The molecular formula is C19H26N2OS. The second kappa shape index (κ2) is 6.14. The molecule has 1 aromatic carbocycles. The second-order valence-electron chi connectivity index (χ2n) is 7.80. The number of rotatable bonds is 5. The maximum Gasteiger partial charge on any atom is 0.238 e. The highest BCUT2D eigenvalue weighted by Crippen LogP contribution is 2.55. The Morgan fingerprint density at radius 2 is 1.74 bits per heavy atom. The van der Waals surface area contributed by atoms with Gasteiger partial charge in [-0.25, -0.2) is 0 Å². The third-order valence-corrected chi connectivity index (χ3v) is 6.84. The first-order valence-electron chi connectivity index (χ1n) is 8.84. The van der Waals surface area contributed by atoms with Crippen LogP contribution in [0.1, 0.15) is 38.5 Å². The SMILES string of the molecule is CSc1ccccc1NC(=O)CNC12CC3CC(CC(C3)C1)C2. The third-order valence-electron chi connectivity index (χ3n) is 6.04. The minimum atomic E-state index is 0.0854. The van der Waals surface area contributed by atoms with E-state index in [1.807, 2.05) is 30.5 Å². The monoisotopic (exact) mass is 330 g/mol. The highest BCUT2D eigenvalue weighted by Gasteiger charge is 2.50. The number of benzene rings is 1. The maximum absolute atomic E-state index is 12.4. The van der Waals surface area contributed by atoms with Crippen molar-refractivity contribution in [3.8, 4) is 0 Å². The quantitative estimate of drug-likeness (QED) is 0.804. The van der Waals surface area contributed by atoms with Gasteiger partial charge in [0.2, 0.25) is 5.91 Å². The number of carbonyl (C=O) groups excluding carboxylic acids is 1. The molecule has 4 bridgehead atoms. The number of nitrogens with one attached hydrogen (secondary N) is 2. The van der Waals surface area contributed by atoms with Crippen LogP contribution in [0.2, 0.25) is 0 Å². The predicted octanol–water partition coefficient (Wildman–Crippen LogP) is 3.91. The fourth-order valence-electron chi connectivity index (χ4n) is 5.54. The van der Waals surface area contributed by atoms with Crippen LogP contribution in [0.15, 0.2) is 29.2 Å². The average Bonchev–Trinajstić information content (AvgIpc) is 2.52. The summed E-state index contributed by atoms with van der Waals surface area (Å²) in [5.41, 5.74) is 1.18. The number of anilines is 1. The molecule has 5 rings (SSSR count). The summed E-state index contributed by atoms with van der Waals surface area (Å²) in [5.74, 6) is 2.82. The molecule has 124 valence electrons. The van der Waals surface area contributed by atoms with Gasteiger partial charge in [-0.3, -0.25) is 4.79 Å². The van der Waals surface area contributed by atoms with E-state index in [1.54, 1.807) is 11.8 Å². The van der Waals surface area contributed by atoms with Crippen molar-refractivity contribution >= 4 is 23.4 Å². The van der Waals surface area contributed by atoms with Gasteiger partial charge >= 0.3 is 0 Å². The highest BCUT2D eigenvalue weighted by atomic mass is 32.2. The van der Waals surface area contributed by atoms with Crippen LogP contribution in [-0.2, 0) is 4.79 Å². The van der Waals surface area contributed by atoms with Gasteiger partial charge < -0.3 is 10.6 Å². The minimum absolute atomic E-state index is 0.0854. The number of hydrogen-bond donors (Lipinski definition) is 2. The molecule has 4 aliphatic carbocycles. The van der Waals surface area contributed by atoms with Gasteiger partial charge in [0.1, 0.15) is 0 Å². The molecule has 23 heavy (non-hydrogen) atoms. The molecule has 0 aromatic heterocycles. The lowest BCUT2D eigenvalue weighted by molar-refractivity contribution is -0.116. The molecule has 0 radical (unpaired) electrons. The molecule has 0 heterocycles. The van der Waals surface area contributed by atoms with Crippen LogP contribution in [0, 0.1) is 17.8 Å². The molecule has 0 spiro atoms. The zero-order valence-corrected chi connectivity index (χ0v) is 14.6. The Balaban J connectivity index is 1.37. The fourth-order valence-corrected chi connectivity index (χ4v) is 6.09. The molecule has 1 amide bonds. The minimum Gasteiger partial charge on any atom is -0.324 e. The van der Waals surface area contributed by atoms with E-state index in [4.69, 9.17) is 0 Å². The summed E-state index contributed by atoms with van der Waals surface area (Å²) >= 11 is 1.67. The van der Waals surface area contributed by atoms with E-state index in [2.05, 4.69) is 10.6 Å². The standard InChI is InChI=1S/C19H26N2OS/c1-23-17-5-3-2-4-16(17)21-18(22)12-20-19-9-13-6-14(10-19)8-15(7-13)11-19/h2-5,13-15,20H,6-12H2,1H3,(H,21,22). The molecule has 0 saturated heterocycles. The van der Waals surface area contributed by atoms with E-state index < -0.39 is 0 Å². The summed E-state index contributed by atoms with van der Waals surface area (Å²) in [5, 5.41) is 6.74. The topological polar surface area (TPSA) is 41.1 Å². The molecule has 4 heteroatoms. The van der Waals surface area contributed by atoms with E-state index in [-0.39, 0.29) is 11.4 Å². The normalized spacial score (nSPS) is 34.6. The van der Waals surface area contributed by atoms with Gasteiger partial charge in [0.25, 0.3) is 0 Å². The van der Waals surface area contributed by atoms with E-state index in [0.29, 0.717) is 6.54 Å². The van der Waals surface area contributed by atoms with E-state index in [9.17, 15) is 4.79 Å². The van der Waals surface area contributed by atoms with E-state index >= 15 is 0 Å². The molecule has 3 nitrogen and oxygen atoms in total. The molecule has 1 aromatic rings. The van der Waals surface area contributed by atoms with Crippen molar-refractivity contribution in [3.05, 3.63) is 24.3 Å². The molecule has 2 N–H and O–H groups in total. The summed E-state index contributed by atoms with van der Waals surface area (Å²) in [6.45, 7) is 0.439. The molecule has 0 atom stereocenters. The van der Waals surface area contributed by atoms with E-state index in [1.165, 1.54) is 38.5 Å². The Kier molecular flexibility index (Phi) is 4.14. The van der Waals surface area contributed by atoms with Crippen molar-refractivity contribution in [1.29, 1.82) is 0 Å².